The molecule has 1 fully saturated rings. The van der Waals surface area contributed by atoms with Crippen molar-refractivity contribution < 1.29 is 4.79 Å². The van der Waals surface area contributed by atoms with Crippen molar-refractivity contribution >= 4 is 16.9 Å². The minimum absolute atomic E-state index is 0.166. The quantitative estimate of drug-likeness (QED) is 0.602. The first kappa shape index (κ1) is 18.4. The Bertz CT molecular complexity index is 894. The van der Waals surface area contributed by atoms with Crippen LogP contribution in [0.4, 0.5) is 0 Å². The van der Waals surface area contributed by atoms with Crippen molar-refractivity contribution in [2.75, 3.05) is 26.2 Å². The Kier molecular flexibility index (Phi) is 5.88. The van der Waals surface area contributed by atoms with Gasteiger partial charge >= 0.3 is 11.1 Å². The zero-order chi connectivity index (χ0) is 18.5. The number of hydrogen-bond acceptors (Lipinski definition) is 4. The Hall–Kier alpha value is -2.41. The maximum atomic E-state index is 12.4. The Morgan fingerprint density at radius 2 is 1.96 bits per heavy atom. The lowest BCUT2D eigenvalue weighted by molar-refractivity contribution is 0.0951. The second kappa shape index (κ2) is 8.31. The molecule has 1 aromatic heterocycles. The summed E-state index contributed by atoms with van der Waals surface area (Å²) in [6.45, 7) is 6.16. The average Bonchev–Trinajstić information content (AvgIpc) is 2.66. The summed E-state index contributed by atoms with van der Waals surface area (Å²) < 4.78 is 1.41. The summed E-state index contributed by atoms with van der Waals surface area (Å²) in [6, 6.07) is 5.02. The second-order valence-corrected chi connectivity index (χ2v) is 6.75. The molecule has 0 unspecified atom stereocenters. The molecule has 0 bridgehead atoms. The van der Waals surface area contributed by atoms with Crippen LogP contribution in [-0.4, -0.2) is 46.5 Å². The molecule has 0 spiro atoms. The van der Waals surface area contributed by atoms with Gasteiger partial charge in [-0.3, -0.25) is 14.4 Å². The van der Waals surface area contributed by atoms with Gasteiger partial charge in [-0.25, -0.2) is 0 Å². The van der Waals surface area contributed by atoms with E-state index in [1.54, 1.807) is 18.2 Å². The normalized spacial score (nSPS) is 15.3. The molecule has 0 aliphatic carbocycles. The van der Waals surface area contributed by atoms with Gasteiger partial charge in [0.2, 0.25) is 0 Å². The van der Waals surface area contributed by atoms with Gasteiger partial charge in [-0.1, -0.05) is 6.42 Å². The number of carbonyl (C=O) groups is 1. The van der Waals surface area contributed by atoms with Crippen LogP contribution in [0, 0.1) is 0 Å². The number of nitrogens with zero attached hydrogens (tertiary/aromatic N) is 2. The lowest BCUT2D eigenvalue weighted by Crippen LogP contribution is -2.36. The number of benzene rings is 1. The Morgan fingerprint density at radius 1 is 1.19 bits per heavy atom. The minimum Gasteiger partial charge on any atom is -0.352 e. The highest BCUT2D eigenvalue weighted by Crippen LogP contribution is 2.12. The predicted molar refractivity (Wildman–Crippen MR) is 102 cm³/mol. The van der Waals surface area contributed by atoms with Crippen LogP contribution in [0.2, 0.25) is 0 Å². The fourth-order valence-electron chi connectivity index (χ4n) is 3.52. The molecule has 1 aromatic carbocycles. The summed E-state index contributed by atoms with van der Waals surface area (Å²) in [5.41, 5.74) is 0.358. The first-order valence-corrected chi connectivity index (χ1v) is 9.37. The van der Waals surface area contributed by atoms with Crippen LogP contribution in [0.3, 0.4) is 0 Å². The fraction of sp³-hybridized carbons (Fsp3) is 0.526. The van der Waals surface area contributed by atoms with Gasteiger partial charge < -0.3 is 19.8 Å². The largest absolute Gasteiger partial charge is 0.352 e. The van der Waals surface area contributed by atoms with E-state index >= 15 is 0 Å². The smallest absolute Gasteiger partial charge is 0.316 e. The van der Waals surface area contributed by atoms with E-state index < -0.39 is 11.1 Å². The van der Waals surface area contributed by atoms with E-state index in [1.165, 1.54) is 23.8 Å². The van der Waals surface area contributed by atoms with Crippen molar-refractivity contribution in [2.24, 2.45) is 0 Å². The Balaban J connectivity index is 1.64. The minimum atomic E-state index is -0.668. The molecule has 140 valence electrons. The van der Waals surface area contributed by atoms with Crippen molar-refractivity contribution in [1.82, 2.24) is 19.8 Å². The number of likely N-dealkylation sites (tertiary alicyclic amines) is 1. The third-order valence-electron chi connectivity index (χ3n) is 4.94. The third kappa shape index (κ3) is 4.04. The molecule has 2 N–H and O–H groups in total. The van der Waals surface area contributed by atoms with Crippen LogP contribution in [0.15, 0.2) is 27.8 Å². The van der Waals surface area contributed by atoms with Crippen molar-refractivity contribution in [2.45, 2.75) is 39.2 Å². The molecular weight excluding hydrogens is 332 g/mol. The molecule has 1 aliphatic heterocycles. The summed E-state index contributed by atoms with van der Waals surface area (Å²) in [4.78, 5) is 41.0. The zero-order valence-corrected chi connectivity index (χ0v) is 15.2. The maximum absolute atomic E-state index is 12.4. The number of hydrogen-bond donors (Lipinski definition) is 2. The molecule has 3 rings (SSSR count). The molecule has 1 saturated heterocycles. The number of H-pyrrole nitrogens is 1. The SMILES string of the molecule is CCn1c(=O)c(=O)[nH]c2cc(C(=O)NCCCN3CCCCC3)ccc21. The Morgan fingerprint density at radius 3 is 2.69 bits per heavy atom. The lowest BCUT2D eigenvalue weighted by Gasteiger charge is -2.26. The maximum Gasteiger partial charge on any atom is 0.316 e. The number of carbonyl (C=O) groups excluding carboxylic acids is 1. The van der Waals surface area contributed by atoms with Crippen LogP contribution < -0.4 is 16.4 Å². The monoisotopic (exact) mass is 358 g/mol. The van der Waals surface area contributed by atoms with Gasteiger partial charge in [-0.05, 0) is 64.0 Å². The first-order valence-electron chi connectivity index (χ1n) is 9.37. The predicted octanol–water partition coefficient (Wildman–Crippen LogP) is 1.32. The molecule has 2 heterocycles. The van der Waals surface area contributed by atoms with Crippen molar-refractivity contribution in [1.29, 1.82) is 0 Å². The number of aromatic amines is 1. The third-order valence-corrected chi connectivity index (χ3v) is 4.94. The molecule has 7 nitrogen and oxygen atoms in total. The van der Waals surface area contributed by atoms with Crippen LogP contribution in [0.1, 0.15) is 43.0 Å². The van der Waals surface area contributed by atoms with E-state index in [9.17, 15) is 14.4 Å². The second-order valence-electron chi connectivity index (χ2n) is 6.75. The molecule has 2 aromatic rings. The molecule has 0 atom stereocenters. The standard InChI is InChI=1S/C19H26N4O3/c1-2-23-16-8-7-14(13-15(16)21-18(25)19(23)26)17(24)20-9-6-12-22-10-4-3-5-11-22/h7-8,13H,2-6,9-12H2,1H3,(H,20,24)(H,21,25). The van der Waals surface area contributed by atoms with Crippen LogP contribution in [-0.2, 0) is 6.54 Å². The van der Waals surface area contributed by atoms with Gasteiger partial charge in [0.1, 0.15) is 0 Å². The zero-order valence-electron chi connectivity index (χ0n) is 15.2. The number of piperidine rings is 1. The average molecular weight is 358 g/mol. The number of aryl methyl sites for hydroxylation is 1. The molecule has 1 amide bonds. The summed E-state index contributed by atoms with van der Waals surface area (Å²) in [6.07, 6.45) is 4.78. The summed E-state index contributed by atoms with van der Waals surface area (Å²) in [7, 11) is 0. The Labute approximate surface area is 152 Å². The molecule has 7 heteroatoms. The molecular formula is C19H26N4O3. The van der Waals surface area contributed by atoms with E-state index in [1.807, 2.05) is 6.92 Å². The van der Waals surface area contributed by atoms with Crippen molar-refractivity contribution in [3.63, 3.8) is 0 Å². The van der Waals surface area contributed by atoms with Gasteiger partial charge in [-0.15, -0.1) is 0 Å². The highest BCUT2D eigenvalue weighted by molar-refractivity contribution is 5.97. The molecule has 1 aliphatic rings. The molecule has 0 radical (unpaired) electrons. The fourth-order valence-corrected chi connectivity index (χ4v) is 3.52. The van der Waals surface area contributed by atoms with Gasteiger partial charge in [0, 0.05) is 18.7 Å². The number of rotatable bonds is 6. The lowest BCUT2D eigenvalue weighted by atomic mass is 10.1. The van der Waals surface area contributed by atoms with E-state index in [2.05, 4.69) is 15.2 Å². The van der Waals surface area contributed by atoms with E-state index in [-0.39, 0.29) is 5.91 Å². The van der Waals surface area contributed by atoms with E-state index in [0.29, 0.717) is 29.7 Å². The van der Waals surface area contributed by atoms with Gasteiger partial charge in [-0.2, -0.15) is 0 Å². The van der Waals surface area contributed by atoms with Gasteiger partial charge in [0.05, 0.1) is 11.0 Å². The number of nitrogens with one attached hydrogen (secondary N) is 2. The van der Waals surface area contributed by atoms with Gasteiger partial charge in [0.15, 0.2) is 0 Å². The number of fused-ring (bicyclic) bond motifs is 1. The summed E-state index contributed by atoms with van der Waals surface area (Å²) in [5, 5.41) is 2.93. The van der Waals surface area contributed by atoms with Crippen LogP contribution >= 0.6 is 0 Å². The molecule has 26 heavy (non-hydrogen) atoms. The summed E-state index contributed by atoms with van der Waals surface area (Å²) in [5.74, 6) is -0.166. The number of amides is 1. The van der Waals surface area contributed by atoms with Crippen LogP contribution in [0.25, 0.3) is 11.0 Å². The van der Waals surface area contributed by atoms with Crippen LogP contribution in [0.5, 0.6) is 0 Å². The van der Waals surface area contributed by atoms with Gasteiger partial charge in [0.25, 0.3) is 5.91 Å². The van der Waals surface area contributed by atoms with Crippen molar-refractivity contribution in [3.8, 4) is 0 Å². The highest BCUT2D eigenvalue weighted by atomic mass is 16.2. The summed E-state index contributed by atoms with van der Waals surface area (Å²) >= 11 is 0. The topological polar surface area (TPSA) is 87.2 Å². The first-order chi connectivity index (χ1) is 12.6. The van der Waals surface area contributed by atoms with E-state index in [0.717, 1.165) is 26.1 Å². The highest BCUT2D eigenvalue weighted by Gasteiger charge is 2.12. The van der Waals surface area contributed by atoms with E-state index in [4.69, 9.17) is 0 Å². The molecule has 0 saturated carbocycles. The number of aromatic nitrogens is 2. The van der Waals surface area contributed by atoms with Crippen molar-refractivity contribution in [3.05, 3.63) is 44.5 Å².